The Morgan fingerprint density at radius 3 is 2.47 bits per heavy atom. The fourth-order valence-electron chi connectivity index (χ4n) is 4.23. The summed E-state index contributed by atoms with van der Waals surface area (Å²) in [6.45, 7) is 0. The number of aliphatic carboxylic acids is 1. The minimum atomic E-state index is -0.596. The van der Waals surface area contributed by atoms with E-state index < -0.39 is 11.4 Å². The van der Waals surface area contributed by atoms with Crippen LogP contribution in [0.25, 0.3) is 0 Å². The lowest BCUT2D eigenvalue weighted by Gasteiger charge is -2.34. The zero-order valence-electron chi connectivity index (χ0n) is 11.4. The highest BCUT2D eigenvalue weighted by Gasteiger charge is 2.50. The van der Waals surface area contributed by atoms with E-state index in [-0.39, 0.29) is 0 Å². The molecule has 2 heteroatoms. The first-order valence-electron chi connectivity index (χ1n) is 7.57. The van der Waals surface area contributed by atoms with E-state index in [2.05, 4.69) is 12.1 Å². The van der Waals surface area contributed by atoms with Crippen molar-refractivity contribution in [1.29, 1.82) is 0 Å². The topological polar surface area (TPSA) is 37.3 Å². The Labute approximate surface area is 114 Å². The minimum absolute atomic E-state index is 0.330. The SMILES string of the molecule is O=C(O)C1(C2CCCCCC2)CCc2ccccc21. The van der Waals surface area contributed by atoms with Crippen molar-refractivity contribution in [3.05, 3.63) is 35.4 Å². The summed E-state index contributed by atoms with van der Waals surface area (Å²) in [7, 11) is 0. The van der Waals surface area contributed by atoms with Gasteiger partial charge in [-0.2, -0.15) is 0 Å². The molecule has 0 saturated heterocycles. The zero-order chi connectivity index (χ0) is 13.3. The van der Waals surface area contributed by atoms with Crippen LogP contribution in [0.15, 0.2) is 24.3 Å². The molecule has 1 fully saturated rings. The van der Waals surface area contributed by atoms with E-state index in [1.807, 2.05) is 12.1 Å². The first-order valence-corrected chi connectivity index (χ1v) is 7.57. The molecule has 1 aromatic rings. The predicted molar refractivity (Wildman–Crippen MR) is 75.3 cm³/mol. The van der Waals surface area contributed by atoms with Crippen LogP contribution in [0.5, 0.6) is 0 Å². The number of hydrogen-bond acceptors (Lipinski definition) is 1. The molecule has 0 amide bonds. The fourth-order valence-corrected chi connectivity index (χ4v) is 4.23. The molecular formula is C17H22O2. The minimum Gasteiger partial charge on any atom is -0.481 e. The largest absolute Gasteiger partial charge is 0.481 e. The summed E-state index contributed by atoms with van der Waals surface area (Å²) in [4.78, 5) is 12.1. The number of fused-ring (bicyclic) bond motifs is 1. The molecule has 0 aliphatic heterocycles. The second-order valence-corrected chi connectivity index (χ2v) is 6.12. The fraction of sp³-hybridized carbons (Fsp3) is 0.588. The van der Waals surface area contributed by atoms with Gasteiger partial charge >= 0.3 is 5.97 Å². The maximum Gasteiger partial charge on any atom is 0.314 e. The van der Waals surface area contributed by atoms with Crippen molar-refractivity contribution in [3.63, 3.8) is 0 Å². The van der Waals surface area contributed by atoms with Gasteiger partial charge in [0.15, 0.2) is 0 Å². The summed E-state index contributed by atoms with van der Waals surface area (Å²) < 4.78 is 0. The Bertz CT molecular complexity index is 472. The molecule has 1 unspecified atom stereocenters. The van der Waals surface area contributed by atoms with Gasteiger partial charge in [-0.15, -0.1) is 0 Å². The third-order valence-corrected chi connectivity index (χ3v) is 5.22. The smallest absolute Gasteiger partial charge is 0.314 e. The van der Waals surface area contributed by atoms with Gasteiger partial charge in [0.05, 0.1) is 5.41 Å². The number of rotatable bonds is 2. The van der Waals surface area contributed by atoms with Gasteiger partial charge in [-0.3, -0.25) is 4.79 Å². The highest BCUT2D eigenvalue weighted by atomic mass is 16.4. The summed E-state index contributed by atoms with van der Waals surface area (Å²) in [6, 6.07) is 8.19. The third kappa shape index (κ3) is 1.98. The van der Waals surface area contributed by atoms with Gasteiger partial charge < -0.3 is 5.11 Å². The molecule has 2 aliphatic rings. The average molecular weight is 258 g/mol. The Balaban J connectivity index is 2.03. The molecule has 0 aromatic heterocycles. The summed E-state index contributed by atoms with van der Waals surface area (Å²) >= 11 is 0. The van der Waals surface area contributed by atoms with Crippen LogP contribution in [0.4, 0.5) is 0 Å². The molecule has 3 rings (SSSR count). The van der Waals surface area contributed by atoms with E-state index in [0.29, 0.717) is 5.92 Å². The second-order valence-electron chi connectivity index (χ2n) is 6.12. The standard InChI is InChI=1S/C17H22O2/c18-16(19)17(14-8-3-1-2-4-9-14)12-11-13-7-5-6-10-15(13)17/h5-7,10,14H,1-4,8-9,11-12H2,(H,18,19). The van der Waals surface area contributed by atoms with Crippen LogP contribution in [0.2, 0.25) is 0 Å². The summed E-state index contributed by atoms with van der Waals surface area (Å²) in [5, 5.41) is 9.95. The van der Waals surface area contributed by atoms with E-state index in [1.165, 1.54) is 31.2 Å². The Morgan fingerprint density at radius 1 is 1.11 bits per heavy atom. The molecule has 0 spiro atoms. The van der Waals surface area contributed by atoms with Crippen molar-refractivity contribution in [2.75, 3.05) is 0 Å². The molecular weight excluding hydrogens is 236 g/mol. The van der Waals surface area contributed by atoms with Crippen LogP contribution in [-0.4, -0.2) is 11.1 Å². The lowest BCUT2D eigenvalue weighted by molar-refractivity contribution is -0.146. The molecule has 1 saturated carbocycles. The van der Waals surface area contributed by atoms with Crippen molar-refractivity contribution < 1.29 is 9.90 Å². The van der Waals surface area contributed by atoms with Crippen molar-refractivity contribution in [2.24, 2.45) is 5.92 Å². The van der Waals surface area contributed by atoms with E-state index >= 15 is 0 Å². The maximum absolute atomic E-state index is 12.1. The van der Waals surface area contributed by atoms with Crippen molar-refractivity contribution >= 4 is 5.97 Å². The molecule has 2 aliphatic carbocycles. The molecule has 0 heterocycles. The number of carboxylic acids is 1. The Kier molecular flexibility index (Phi) is 3.34. The molecule has 102 valence electrons. The summed E-state index contributed by atoms with van der Waals surface area (Å²) in [5.74, 6) is -0.263. The predicted octanol–water partition coefficient (Wildman–Crippen LogP) is 3.93. The second kappa shape index (κ2) is 4.99. The number of aryl methyl sites for hydroxylation is 1. The highest BCUT2D eigenvalue weighted by molar-refractivity contribution is 5.83. The van der Waals surface area contributed by atoms with Gasteiger partial charge in [-0.05, 0) is 42.7 Å². The number of carboxylic acid groups (broad SMARTS) is 1. The first-order chi connectivity index (χ1) is 9.25. The van der Waals surface area contributed by atoms with E-state index in [4.69, 9.17) is 0 Å². The molecule has 1 atom stereocenters. The molecule has 0 bridgehead atoms. The van der Waals surface area contributed by atoms with Crippen LogP contribution in [0, 0.1) is 5.92 Å². The Hall–Kier alpha value is -1.31. The van der Waals surface area contributed by atoms with Gasteiger partial charge in [0, 0.05) is 0 Å². The van der Waals surface area contributed by atoms with Crippen LogP contribution < -0.4 is 0 Å². The van der Waals surface area contributed by atoms with Crippen LogP contribution in [-0.2, 0) is 16.6 Å². The number of carbonyl (C=O) groups is 1. The van der Waals surface area contributed by atoms with Crippen molar-refractivity contribution in [2.45, 2.75) is 56.8 Å². The molecule has 2 nitrogen and oxygen atoms in total. The van der Waals surface area contributed by atoms with Gasteiger partial charge in [0.25, 0.3) is 0 Å². The van der Waals surface area contributed by atoms with Crippen molar-refractivity contribution in [1.82, 2.24) is 0 Å². The van der Waals surface area contributed by atoms with Gasteiger partial charge in [0.1, 0.15) is 0 Å². The van der Waals surface area contributed by atoms with E-state index in [1.54, 1.807) is 0 Å². The number of benzene rings is 1. The quantitative estimate of drug-likeness (QED) is 0.816. The van der Waals surface area contributed by atoms with Crippen molar-refractivity contribution in [3.8, 4) is 0 Å². The Morgan fingerprint density at radius 2 is 1.79 bits per heavy atom. The zero-order valence-corrected chi connectivity index (χ0v) is 11.4. The monoisotopic (exact) mass is 258 g/mol. The molecule has 1 aromatic carbocycles. The first kappa shape index (κ1) is 12.7. The van der Waals surface area contributed by atoms with Crippen LogP contribution in [0.1, 0.15) is 56.1 Å². The lowest BCUT2D eigenvalue weighted by Crippen LogP contribution is -2.41. The summed E-state index contributed by atoms with van der Waals surface area (Å²) in [5.41, 5.74) is 1.77. The van der Waals surface area contributed by atoms with Gasteiger partial charge in [-0.1, -0.05) is 49.9 Å². The van der Waals surface area contributed by atoms with Crippen LogP contribution >= 0.6 is 0 Å². The van der Waals surface area contributed by atoms with Gasteiger partial charge in [-0.25, -0.2) is 0 Å². The van der Waals surface area contributed by atoms with E-state index in [0.717, 1.165) is 31.2 Å². The average Bonchev–Trinajstić information content (AvgIpc) is 2.61. The highest BCUT2D eigenvalue weighted by Crippen LogP contribution is 2.49. The lowest BCUT2D eigenvalue weighted by atomic mass is 9.68. The van der Waals surface area contributed by atoms with Crippen LogP contribution in [0.3, 0.4) is 0 Å². The third-order valence-electron chi connectivity index (χ3n) is 5.22. The van der Waals surface area contributed by atoms with Gasteiger partial charge in [0.2, 0.25) is 0 Å². The number of hydrogen-bond donors (Lipinski definition) is 1. The maximum atomic E-state index is 12.1. The summed E-state index contributed by atoms with van der Waals surface area (Å²) in [6.07, 6.45) is 8.83. The molecule has 19 heavy (non-hydrogen) atoms. The molecule has 1 N–H and O–H groups in total. The normalized spacial score (nSPS) is 27.8. The van der Waals surface area contributed by atoms with E-state index in [9.17, 15) is 9.90 Å². The molecule has 0 radical (unpaired) electrons.